The lowest BCUT2D eigenvalue weighted by atomic mass is 10.1. The number of carbonyl (C=O) groups is 2. The zero-order valence-electron chi connectivity index (χ0n) is 15.0. The van der Waals surface area contributed by atoms with E-state index in [9.17, 15) is 19.7 Å². The fourth-order valence-corrected chi connectivity index (χ4v) is 2.65. The van der Waals surface area contributed by atoms with Gasteiger partial charge in [0.25, 0.3) is 5.69 Å². The molecule has 0 spiro atoms. The van der Waals surface area contributed by atoms with Crippen molar-refractivity contribution in [2.45, 2.75) is 6.92 Å². The minimum Gasteiger partial charge on any atom is -0.495 e. The number of Topliss-reactive ketones (excluding diaryl/α,β-unsaturated/α-hetero) is 1. The number of rotatable bonds is 7. The maximum absolute atomic E-state index is 12.4. The summed E-state index contributed by atoms with van der Waals surface area (Å²) in [6.45, 7) is 1.17. The Bertz CT molecular complexity index is 901. The molecule has 0 saturated heterocycles. The van der Waals surface area contributed by atoms with E-state index in [4.69, 9.17) is 16.3 Å². The number of hydrogen-bond acceptors (Lipinski definition) is 6. The first-order chi connectivity index (χ1) is 12.7. The van der Waals surface area contributed by atoms with Gasteiger partial charge < -0.3 is 15.0 Å². The van der Waals surface area contributed by atoms with Crippen molar-refractivity contribution in [3.8, 4) is 5.75 Å². The summed E-state index contributed by atoms with van der Waals surface area (Å²) in [4.78, 5) is 36.0. The van der Waals surface area contributed by atoms with E-state index in [0.29, 0.717) is 16.5 Å². The van der Waals surface area contributed by atoms with Crippen LogP contribution in [0, 0.1) is 10.1 Å². The lowest BCUT2D eigenvalue weighted by Crippen LogP contribution is -2.30. The van der Waals surface area contributed by atoms with Crippen LogP contribution in [0.5, 0.6) is 5.75 Å². The van der Waals surface area contributed by atoms with E-state index in [0.717, 1.165) is 0 Å². The molecule has 2 rings (SSSR count). The number of likely N-dealkylation sites (N-methyl/N-ethyl adjacent to an activating group) is 1. The van der Waals surface area contributed by atoms with Gasteiger partial charge in [-0.1, -0.05) is 11.6 Å². The third kappa shape index (κ3) is 4.95. The van der Waals surface area contributed by atoms with Gasteiger partial charge in [-0.05, 0) is 37.3 Å². The van der Waals surface area contributed by atoms with Crippen molar-refractivity contribution >= 4 is 40.4 Å². The lowest BCUT2D eigenvalue weighted by molar-refractivity contribution is -0.384. The van der Waals surface area contributed by atoms with Crippen molar-refractivity contribution in [1.82, 2.24) is 0 Å². The Labute approximate surface area is 160 Å². The Morgan fingerprint density at radius 1 is 1.26 bits per heavy atom. The van der Waals surface area contributed by atoms with Crippen LogP contribution in [0.25, 0.3) is 0 Å². The van der Waals surface area contributed by atoms with Crippen LogP contribution in [0.3, 0.4) is 0 Å². The molecule has 0 fully saturated rings. The summed E-state index contributed by atoms with van der Waals surface area (Å²) in [5.74, 6) is -0.256. The summed E-state index contributed by atoms with van der Waals surface area (Å²) in [5.41, 5.74) is 0.591. The van der Waals surface area contributed by atoms with Gasteiger partial charge in [0.1, 0.15) is 11.4 Å². The molecule has 2 aromatic carbocycles. The van der Waals surface area contributed by atoms with Crippen molar-refractivity contribution in [3.63, 3.8) is 0 Å². The monoisotopic (exact) mass is 391 g/mol. The quantitative estimate of drug-likeness (QED) is 0.440. The molecule has 9 heteroatoms. The number of nitrogens with one attached hydrogen (secondary N) is 1. The molecular formula is C18H18ClN3O5. The van der Waals surface area contributed by atoms with Gasteiger partial charge in [0, 0.05) is 23.7 Å². The summed E-state index contributed by atoms with van der Waals surface area (Å²) >= 11 is 5.94. The zero-order chi connectivity index (χ0) is 20.1. The lowest BCUT2D eigenvalue weighted by Gasteiger charge is -2.19. The second-order valence-corrected chi connectivity index (χ2v) is 6.20. The molecule has 0 aliphatic heterocycles. The van der Waals surface area contributed by atoms with Crippen LogP contribution in [0.4, 0.5) is 17.1 Å². The number of halogens is 1. The fourth-order valence-electron chi connectivity index (χ4n) is 2.48. The highest BCUT2D eigenvalue weighted by molar-refractivity contribution is 6.31. The minimum atomic E-state index is -0.587. The van der Waals surface area contributed by atoms with Crippen molar-refractivity contribution in [3.05, 3.63) is 57.1 Å². The molecular weight excluding hydrogens is 374 g/mol. The third-order valence-electron chi connectivity index (χ3n) is 3.81. The number of amides is 1. The first-order valence-electron chi connectivity index (χ1n) is 7.87. The molecule has 0 radical (unpaired) electrons. The Morgan fingerprint density at radius 3 is 2.56 bits per heavy atom. The van der Waals surface area contributed by atoms with Gasteiger partial charge in [0.05, 0.1) is 24.3 Å². The number of ether oxygens (including phenoxy) is 1. The molecule has 0 bridgehead atoms. The molecule has 0 atom stereocenters. The van der Waals surface area contributed by atoms with Crippen molar-refractivity contribution in [2.75, 3.05) is 30.9 Å². The highest BCUT2D eigenvalue weighted by Crippen LogP contribution is 2.30. The van der Waals surface area contributed by atoms with Crippen LogP contribution < -0.4 is 15.0 Å². The molecule has 8 nitrogen and oxygen atoms in total. The average molecular weight is 392 g/mol. The van der Waals surface area contributed by atoms with E-state index >= 15 is 0 Å². The molecule has 0 aliphatic rings. The van der Waals surface area contributed by atoms with E-state index in [1.54, 1.807) is 25.2 Å². The van der Waals surface area contributed by atoms with Gasteiger partial charge in [0.2, 0.25) is 5.91 Å². The first-order valence-corrected chi connectivity index (χ1v) is 8.24. The number of nitro groups is 1. The van der Waals surface area contributed by atoms with Crippen LogP contribution in [0.15, 0.2) is 36.4 Å². The Morgan fingerprint density at radius 2 is 1.96 bits per heavy atom. The summed E-state index contributed by atoms with van der Waals surface area (Å²) < 4.78 is 5.17. The van der Waals surface area contributed by atoms with Crippen molar-refractivity contribution in [2.24, 2.45) is 0 Å². The fraction of sp³-hybridized carbons (Fsp3) is 0.222. The molecule has 1 N–H and O–H groups in total. The highest BCUT2D eigenvalue weighted by atomic mass is 35.5. The number of nitro benzene ring substituents is 1. The molecule has 1 amide bonds. The summed E-state index contributed by atoms with van der Waals surface area (Å²) in [5, 5.41) is 14.4. The number of benzene rings is 2. The maximum atomic E-state index is 12.4. The van der Waals surface area contributed by atoms with Crippen LogP contribution >= 0.6 is 11.6 Å². The van der Waals surface area contributed by atoms with Gasteiger partial charge in [0.15, 0.2) is 5.78 Å². The second kappa shape index (κ2) is 8.50. The van der Waals surface area contributed by atoms with Gasteiger partial charge in [-0.2, -0.15) is 0 Å². The number of anilines is 2. The molecule has 27 heavy (non-hydrogen) atoms. The van der Waals surface area contributed by atoms with E-state index in [1.807, 2.05) is 0 Å². The topological polar surface area (TPSA) is 102 Å². The van der Waals surface area contributed by atoms with E-state index in [2.05, 4.69) is 5.32 Å². The summed E-state index contributed by atoms with van der Waals surface area (Å²) in [6.07, 6.45) is 0. The Hall–Kier alpha value is -3.13. The third-order valence-corrected chi connectivity index (χ3v) is 4.04. The predicted octanol–water partition coefficient (Wildman–Crippen LogP) is 3.53. The van der Waals surface area contributed by atoms with Crippen LogP contribution in [0.1, 0.15) is 17.3 Å². The van der Waals surface area contributed by atoms with Gasteiger partial charge in [-0.3, -0.25) is 19.7 Å². The van der Waals surface area contributed by atoms with E-state index in [1.165, 1.54) is 37.1 Å². The number of carbonyl (C=O) groups excluding carboxylic acids is 2. The zero-order valence-corrected chi connectivity index (χ0v) is 15.7. The number of ketones is 1. The molecule has 0 unspecified atom stereocenters. The molecule has 0 saturated carbocycles. The number of nitrogens with zero attached hydrogens (tertiary/aromatic N) is 2. The largest absolute Gasteiger partial charge is 0.495 e. The van der Waals surface area contributed by atoms with Crippen molar-refractivity contribution in [1.29, 1.82) is 0 Å². The molecule has 0 heterocycles. The molecule has 0 aliphatic carbocycles. The van der Waals surface area contributed by atoms with Gasteiger partial charge in [-0.25, -0.2) is 0 Å². The number of hydrogen-bond donors (Lipinski definition) is 1. The normalized spacial score (nSPS) is 10.2. The molecule has 2 aromatic rings. The van der Waals surface area contributed by atoms with E-state index in [-0.39, 0.29) is 29.3 Å². The van der Waals surface area contributed by atoms with Crippen LogP contribution in [-0.2, 0) is 4.79 Å². The standard InChI is InChI=1S/C18H18ClN3O5/c1-11(23)12-4-6-15(16(8-12)22(25)26)21(2)10-18(24)20-14-9-13(19)5-7-17(14)27-3/h4-9H,10H2,1-3H3,(H,20,24). The van der Waals surface area contributed by atoms with Crippen LogP contribution in [0.2, 0.25) is 5.02 Å². The molecule has 0 aromatic heterocycles. The second-order valence-electron chi connectivity index (χ2n) is 5.77. The summed E-state index contributed by atoms with van der Waals surface area (Å²) in [7, 11) is 3.01. The molecule has 142 valence electrons. The van der Waals surface area contributed by atoms with Crippen LogP contribution in [-0.4, -0.2) is 37.3 Å². The summed E-state index contributed by atoms with van der Waals surface area (Å²) in [6, 6.07) is 8.92. The minimum absolute atomic E-state index is 0.157. The SMILES string of the molecule is COc1ccc(Cl)cc1NC(=O)CN(C)c1ccc(C(C)=O)cc1[N+](=O)[O-]. The Balaban J connectivity index is 2.21. The van der Waals surface area contributed by atoms with Crippen molar-refractivity contribution < 1.29 is 19.2 Å². The maximum Gasteiger partial charge on any atom is 0.293 e. The average Bonchev–Trinajstić information content (AvgIpc) is 2.61. The Kier molecular flexibility index (Phi) is 6.36. The number of methoxy groups -OCH3 is 1. The first kappa shape index (κ1) is 20.2. The van der Waals surface area contributed by atoms with Gasteiger partial charge in [-0.15, -0.1) is 0 Å². The smallest absolute Gasteiger partial charge is 0.293 e. The predicted molar refractivity (Wildman–Crippen MR) is 103 cm³/mol. The highest BCUT2D eigenvalue weighted by Gasteiger charge is 2.21. The van der Waals surface area contributed by atoms with E-state index < -0.39 is 10.8 Å². The van der Waals surface area contributed by atoms with Gasteiger partial charge >= 0.3 is 0 Å².